The van der Waals surface area contributed by atoms with Crippen LogP contribution in [-0.2, 0) is 6.54 Å². The molecule has 1 aliphatic rings. The van der Waals surface area contributed by atoms with Crippen LogP contribution in [0.15, 0.2) is 41.3 Å². The number of carbonyl (C=O) groups excluding carboxylic acids is 1. The van der Waals surface area contributed by atoms with E-state index < -0.39 is 0 Å². The third-order valence-electron chi connectivity index (χ3n) is 6.45. The topological polar surface area (TPSA) is 111 Å². The number of amides is 1. The quantitative estimate of drug-likeness (QED) is 0.387. The van der Waals surface area contributed by atoms with Crippen molar-refractivity contribution in [3.8, 4) is 11.1 Å². The van der Waals surface area contributed by atoms with Crippen LogP contribution in [0.1, 0.15) is 64.1 Å². The van der Waals surface area contributed by atoms with Gasteiger partial charge in [0, 0.05) is 58.8 Å². The van der Waals surface area contributed by atoms with Crippen molar-refractivity contribution in [1.82, 2.24) is 15.3 Å². The summed E-state index contributed by atoms with van der Waals surface area (Å²) in [5, 5.41) is 14.5. The van der Waals surface area contributed by atoms with E-state index in [0.29, 0.717) is 22.7 Å². The molecule has 2 aromatic heterocycles. The summed E-state index contributed by atoms with van der Waals surface area (Å²) in [6.45, 7) is 5.74. The molecule has 1 amide bonds. The first kappa shape index (κ1) is 23.4. The number of hydrogen-bond acceptors (Lipinski definition) is 5. The number of rotatable bonds is 7. The second-order valence-corrected chi connectivity index (χ2v) is 9.07. The Bertz CT molecular complexity index is 1270. The van der Waals surface area contributed by atoms with E-state index in [1.54, 1.807) is 12.3 Å². The predicted molar refractivity (Wildman–Crippen MR) is 136 cm³/mol. The van der Waals surface area contributed by atoms with Crippen LogP contribution in [-0.4, -0.2) is 28.1 Å². The molecule has 1 aliphatic carbocycles. The van der Waals surface area contributed by atoms with Gasteiger partial charge in [-0.3, -0.25) is 14.6 Å². The molecule has 4 N–H and O–H groups in total. The van der Waals surface area contributed by atoms with Crippen LogP contribution in [0.2, 0.25) is 0 Å². The Morgan fingerprint density at radius 2 is 1.91 bits per heavy atom. The van der Waals surface area contributed by atoms with E-state index in [1.165, 1.54) is 19.1 Å². The average Bonchev–Trinajstić information content (AvgIpc) is 3.31. The van der Waals surface area contributed by atoms with Crippen LogP contribution in [0.4, 0.5) is 5.69 Å². The minimum atomic E-state index is -0.325. The number of anilines is 1. The first-order chi connectivity index (χ1) is 16.4. The summed E-state index contributed by atoms with van der Waals surface area (Å²) in [6.07, 6.45) is 7.53. The zero-order valence-corrected chi connectivity index (χ0v) is 19.9. The molecule has 0 unspecified atom stereocenters. The number of carbonyl (C=O) groups is 1. The molecule has 1 fully saturated rings. The van der Waals surface area contributed by atoms with Crippen molar-refractivity contribution in [3.05, 3.63) is 80.5 Å². The fourth-order valence-corrected chi connectivity index (χ4v) is 4.58. The molecule has 0 spiro atoms. The van der Waals surface area contributed by atoms with Crippen molar-refractivity contribution < 1.29 is 4.79 Å². The van der Waals surface area contributed by atoms with E-state index in [1.807, 2.05) is 45.0 Å². The highest BCUT2D eigenvalue weighted by Gasteiger charge is 2.21. The van der Waals surface area contributed by atoms with Gasteiger partial charge in [-0.1, -0.05) is 18.9 Å². The molecule has 34 heavy (non-hydrogen) atoms. The monoisotopic (exact) mass is 457 g/mol. The summed E-state index contributed by atoms with van der Waals surface area (Å²) >= 11 is 0. The van der Waals surface area contributed by atoms with Crippen LogP contribution >= 0.6 is 0 Å². The maximum Gasteiger partial charge on any atom is 0.253 e. The SMILES string of the molecule is Cc1ccc(-c2cc(NC3CCCC3)c(C=N)c(C(=O)NCc3c(C)cc(C)[nH]c3=O)c2)cn1. The Morgan fingerprint density at radius 1 is 1.15 bits per heavy atom. The van der Waals surface area contributed by atoms with Crippen molar-refractivity contribution >= 4 is 17.8 Å². The molecule has 4 rings (SSSR count). The maximum absolute atomic E-state index is 13.3. The lowest BCUT2D eigenvalue weighted by Crippen LogP contribution is -2.29. The van der Waals surface area contributed by atoms with Gasteiger partial charge in [0.25, 0.3) is 11.5 Å². The Balaban J connectivity index is 1.71. The van der Waals surface area contributed by atoms with E-state index >= 15 is 0 Å². The fourth-order valence-electron chi connectivity index (χ4n) is 4.58. The molecule has 1 aromatic carbocycles. The number of nitrogens with zero attached hydrogens (tertiary/aromatic N) is 1. The van der Waals surface area contributed by atoms with Crippen LogP contribution in [0.3, 0.4) is 0 Å². The van der Waals surface area contributed by atoms with Gasteiger partial charge in [0.1, 0.15) is 0 Å². The maximum atomic E-state index is 13.3. The second-order valence-electron chi connectivity index (χ2n) is 9.07. The summed E-state index contributed by atoms with van der Waals surface area (Å²) in [4.78, 5) is 32.9. The van der Waals surface area contributed by atoms with E-state index in [0.717, 1.165) is 46.6 Å². The number of H-pyrrole nitrogens is 1. The first-order valence-electron chi connectivity index (χ1n) is 11.7. The molecule has 0 saturated heterocycles. The average molecular weight is 458 g/mol. The highest BCUT2D eigenvalue weighted by atomic mass is 16.1. The Kier molecular flexibility index (Phi) is 6.91. The van der Waals surface area contributed by atoms with Crippen molar-refractivity contribution in [1.29, 1.82) is 5.41 Å². The molecule has 0 atom stereocenters. The molecule has 176 valence electrons. The van der Waals surface area contributed by atoms with E-state index in [2.05, 4.69) is 20.6 Å². The molecule has 7 nitrogen and oxygen atoms in total. The molecule has 0 radical (unpaired) electrons. The van der Waals surface area contributed by atoms with E-state index in [9.17, 15) is 9.59 Å². The van der Waals surface area contributed by atoms with E-state index in [-0.39, 0.29) is 18.0 Å². The van der Waals surface area contributed by atoms with Crippen LogP contribution < -0.4 is 16.2 Å². The molecule has 0 aliphatic heterocycles. The van der Waals surface area contributed by atoms with Gasteiger partial charge in [-0.2, -0.15) is 0 Å². The van der Waals surface area contributed by atoms with Crippen molar-refractivity contribution in [2.45, 2.75) is 59.0 Å². The van der Waals surface area contributed by atoms with Gasteiger partial charge >= 0.3 is 0 Å². The zero-order valence-electron chi connectivity index (χ0n) is 19.9. The summed E-state index contributed by atoms with van der Waals surface area (Å²) in [5.74, 6) is -0.325. The second kappa shape index (κ2) is 10.0. The van der Waals surface area contributed by atoms with Gasteiger partial charge in [0.05, 0.1) is 5.56 Å². The fraction of sp³-hybridized carbons (Fsp3) is 0.333. The van der Waals surface area contributed by atoms with Gasteiger partial charge in [-0.15, -0.1) is 0 Å². The number of nitrogens with one attached hydrogen (secondary N) is 4. The lowest BCUT2D eigenvalue weighted by Gasteiger charge is -2.20. The molecule has 7 heteroatoms. The zero-order chi connectivity index (χ0) is 24.2. The summed E-state index contributed by atoms with van der Waals surface area (Å²) in [7, 11) is 0. The third-order valence-corrected chi connectivity index (χ3v) is 6.45. The smallest absolute Gasteiger partial charge is 0.253 e. The molecule has 3 aromatic rings. The molecular weight excluding hydrogens is 426 g/mol. The van der Waals surface area contributed by atoms with Crippen LogP contribution in [0, 0.1) is 26.2 Å². The van der Waals surface area contributed by atoms with Crippen LogP contribution in [0.5, 0.6) is 0 Å². The first-order valence-corrected chi connectivity index (χ1v) is 11.7. The lowest BCUT2D eigenvalue weighted by atomic mass is 9.97. The summed E-state index contributed by atoms with van der Waals surface area (Å²) in [5.41, 5.74) is 6.33. The number of benzene rings is 1. The number of aromatic amines is 1. The number of aromatic nitrogens is 2. The minimum absolute atomic E-state index is 0.111. The van der Waals surface area contributed by atoms with Gasteiger partial charge in [0.15, 0.2) is 0 Å². The Morgan fingerprint density at radius 3 is 2.56 bits per heavy atom. The number of pyridine rings is 2. The highest BCUT2D eigenvalue weighted by molar-refractivity contribution is 6.06. The highest BCUT2D eigenvalue weighted by Crippen LogP contribution is 2.31. The van der Waals surface area contributed by atoms with Gasteiger partial charge in [0.2, 0.25) is 0 Å². The number of aryl methyl sites for hydroxylation is 3. The molecule has 1 saturated carbocycles. The third kappa shape index (κ3) is 5.09. The van der Waals surface area contributed by atoms with Crippen molar-refractivity contribution in [3.63, 3.8) is 0 Å². The lowest BCUT2D eigenvalue weighted by molar-refractivity contribution is 0.0950. The van der Waals surface area contributed by atoms with Gasteiger partial charge < -0.3 is 21.0 Å². The Hall–Kier alpha value is -3.74. The number of hydrogen-bond donors (Lipinski definition) is 4. The van der Waals surface area contributed by atoms with Gasteiger partial charge in [-0.05, 0) is 69.0 Å². The van der Waals surface area contributed by atoms with E-state index in [4.69, 9.17) is 5.41 Å². The normalized spacial score (nSPS) is 13.6. The van der Waals surface area contributed by atoms with Gasteiger partial charge in [-0.25, -0.2) is 0 Å². The standard InChI is InChI=1S/C27H31N5O2/c1-16-10-18(3)31-27(34)24(16)15-30-26(33)22-11-20(19-9-8-17(2)29-14-19)12-25(23(22)13-28)32-21-6-4-5-7-21/h8-14,21,28,32H,4-7,15H2,1-3H3,(H,30,33)(H,31,34). The predicted octanol–water partition coefficient (Wildman–Crippen LogP) is 4.64. The molecular formula is C27H31N5O2. The molecule has 2 heterocycles. The summed E-state index contributed by atoms with van der Waals surface area (Å²) in [6, 6.07) is 9.94. The largest absolute Gasteiger partial charge is 0.382 e. The molecule has 0 bridgehead atoms. The van der Waals surface area contributed by atoms with Crippen molar-refractivity contribution in [2.24, 2.45) is 0 Å². The van der Waals surface area contributed by atoms with Crippen LogP contribution in [0.25, 0.3) is 11.1 Å². The summed E-state index contributed by atoms with van der Waals surface area (Å²) < 4.78 is 0. The Labute approximate surface area is 199 Å². The minimum Gasteiger partial charge on any atom is -0.382 e. The van der Waals surface area contributed by atoms with Crippen molar-refractivity contribution in [2.75, 3.05) is 5.32 Å².